The SMILES string of the molecule is COc1ccc(C(=O)Nc2ccc3c(c2)[C@@H](OC)[C@H](C)[C@@H](C(CCn2cc(CCO)nn2)[Si](C)(C)O)O3)cc1. The summed E-state index contributed by atoms with van der Waals surface area (Å²) >= 11 is 0. The van der Waals surface area contributed by atoms with E-state index in [9.17, 15) is 9.59 Å². The third kappa shape index (κ3) is 6.67. The van der Waals surface area contributed by atoms with Gasteiger partial charge in [-0.2, -0.15) is 0 Å². The van der Waals surface area contributed by atoms with Crippen molar-refractivity contribution in [2.45, 2.75) is 57.2 Å². The average Bonchev–Trinajstić information content (AvgIpc) is 3.36. The van der Waals surface area contributed by atoms with Crippen molar-refractivity contribution < 1.29 is 28.9 Å². The number of aliphatic hydroxyl groups is 1. The van der Waals surface area contributed by atoms with Crippen LogP contribution in [0.3, 0.4) is 0 Å². The molecule has 0 radical (unpaired) electrons. The van der Waals surface area contributed by atoms with Crippen LogP contribution in [0.15, 0.2) is 48.7 Å². The summed E-state index contributed by atoms with van der Waals surface area (Å²) < 4.78 is 19.4. The van der Waals surface area contributed by atoms with Gasteiger partial charge in [-0.05, 0) is 62.0 Å². The normalized spacial score (nSPS) is 19.6. The Labute approximate surface area is 230 Å². The van der Waals surface area contributed by atoms with Gasteiger partial charge in [0.15, 0.2) is 8.32 Å². The number of benzene rings is 2. The summed E-state index contributed by atoms with van der Waals surface area (Å²) in [6.07, 6.45) is 2.40. The smallest absolute Gasteiger partial charge is 0.255 e. The molecule has 0 saturated heterocycles. The Morgan fingerprint density at radius 3 is 2.59 bits per heavy atom. The number of aliphatic hydroxyl groups excluding tert-OH is 1. The standard InChI is InChI=1S/C28H38N4O6Si/c1-18-26(37-3)23-16-20(29-28(34)19-6-9-22(36-2)10-7-19)8-11-24(23)38-27(18)25(39(4,5)35)12-14-32-17-21(13-15-33)30-31-32/h6-11,16-18,25-27,33,35H,12-15H2,1-5H3,(H,29,34)/t18-,25?,26-,27-/m0/s1. The van der Waals surface area contributed by atoms with E-state index in [-0.39, 0.29) is 36.2 Å². The number of nitrogens with zero attached hydrogens (tertiary/aromatic N) is 3. The van der Waals surface area contributed by atoms with Crippen molar-refractivity contribution in [1.82, 2.24) is 15.0 Å². The third-order valence-electron chi connectivity index (χ3n) is 7.37. The molecule has 39 heavy (non-hydrogen) atoms. The van der Waals surface area contributed by atoms with E-state index in [0.717, 1.165) is 11.3 Å². The lowest BCUT2D eigenvalue weighted by atomic mass is 9.86. The Kier molecular flexibility index (Phi) is 9.06. The third-order valence-corrected chi connectivity index (χ3v) is 9.80. The van der Waals surface area contributed by atoms with Gasteiger partial charge in [0.1, 0.15) is 17.6 Å². The summed E-state index contributed by atoms with van der Waals surface area (Å²) in [5.74, 6) is 1.09. The number of aryl methyl sites for hydroxylation is 1. The molecule has 210 valence electrons. The van der Waals surface area contributed by atoms with E-state index < -0.39 is 8.32 Å². The van der Waals surface area contributed by atoms with Crippen LogP contribution in [0.2, 0.25) is 18.6 Å². The highest BCUT2D eigenvalue weighted by molar-refractivity contribution is 6.71. The highest BCUT2D eigenvalue weighted by Crippen LogP contribution is 2.47. The van der Waals surface area contributed by atoms with Gasteiger partial charge in [-0.25, -0.2) is 0 Å². The van der Waals surface area contributed by atoms with Gasteiger partial charge in [0.25, 0.3) is 5.91 Å². The second-order valence-corrected chi connectivity index (χ2v) is 14.6. The molecule has 0 fully saturated rings. The maximum atomic E-state index is 12.8. The van der Waals surface area contributed by atoms with Crippen LogP contribution in [0.5, 0.6) is 11.5 Å². The minimum Gasteiger partial charge on any atom is -0.497 e. The topological polar surface area (TPSA) is 128 Å². The first-order valence-electron chi connectivity index (χ1n) is 13.2. The number of fused-ring (bicyclic) bond motifs is 1. The predicted octanol–water partition coefficient (Wildman–Crippen LogP) is 3.82. The lowest BCUT2D eigenvalue weighted by molar-refractivity contribution is -0.0247. The Balaban J connectivity index is 1.53. The molecule has 3 aromatic rings. The van der Waals surface area contributed by atoms with Gasteiger partial charge in [0.05, 0.1) is 18.9 Å². The van der Waals surface area contributed by atoms with Crippen molar-refractivity contribution in [2.75, 3.05) is 26.1 Å². The first kappa shape index (κ1) is 28.7. The minimum absolute atomic E-state index is 0.0238. The van der Waals surface area contributed by atoms with Gasteiger partial charge >= 0.3 is 0 Å². The van der Waals surface area contributed by atoms with E-state index in [1.54, 1.807) is 43.2 Å². The van der Waals surface area contributed by atoms with Crippen molar-refractivity contribution in [3.8, 4) is 11.5 Å². The minimum atomic E-state index is -2.67. The number of aromatic nitrogens is 3. The first-order valence-corrected chi connectivity index (χ1v) is 16.2. The second-order valence-electron chi connectivity index (χ2n) is 10.5. The van der Waals surface area contributed by atoms with E-state index in [1.165, 1.54) is 0 Å². The van der Waals surface area contributed by atoms with E-state index in [1.807, 2.05) is 37.5 Å². The number of carbonyl (C=O) groups excluding carboxylic acids is 1. The lowest BCUT2D eigenvalue weighted by Gasteiger charge is -2.43. The van der Waals surface area contributed by atoms with E-state index in [2.05, 4.69) is 22.6 Å². The molecule has 0 aliphatic carbocycles. The Morgan fingerprint density at radius 2 is 1.95 bits per heavy atom. The zero-order chi connectivity index (χ0) is 28.2. The quantitative estimate of drug-likeness (QED) is 0.305. The van der Waals surface area contributed by atoms with Gasteiger partial charge in [-0.1, -0.05) is 12.1 Å². The number of hydrogen-bond donors (Lipinski definition) is 3. The number of rotatable bonds is 11. The van der Waals surface area contributed by atoms with Gasteiger partial charge in [0.2, 0.25) is 0 Å². The fraction of sp³-hybridized carbons (Fsp3) is 0.464. The molecule has 1 aliphatic rings. The maximum Gasteiger partial charge on any atom is 0.255 e. The molecule has 3 N–H and O–H groups in total. The lowest BCUT2D eigenvalue weighted by Crippen LogP contribution is -2.48. The van der Waals surface area contributed by atoms with Crippen molar-refractivity contribution in [3.63, 3.8) is 0 Å². The molecule has 2 heterocycles. The van der Waals surface area contributed by atoms with Crippen LogP contribution in [-0.2, 0) is 17.7 Å². The zero-order valence-corrected chi connectivity index (χ0v) is 24.1. The number of amides is 1. The maximum absolute atomic E-state index is 12.8. The van der Waals surface area contributed by atoms with Crippen molar-refractivity contribution >= 4 is 19.9 Å². The van der Waals surface area contributed by atoms with Crippen LogP contribution in [0, 0.1) is 5.92 Å². The summed E-state index contributed by atoms with van der Waals surface area (Å²) in [5.41, 5.74) is 2.66. The summed E-state index contributed by atoms with van der Waals surface area (Å²) in [5, 5.41) is 20.4. The molecule has 0 spiro atoms. The van der Waals surface area contributed by atoms with Crippen LogP contribution in [-0.4, -0.2) is 66.1 Å². The van der Waals surface area contributed by atoms with Crippen LogP contribution >= 0.6 is 0 Å². The van der Waals surface area contributed by atoms with Crippen molar-refractivity contribution in [3.05, 3.63) is 65.5 Å². The summed E-state index contributed by atoms with van der Waals surface area (Å²) in [6, 6.07) is 12.5. The van der Waals surface area contributed by atoms with Crippen molar-refractivity contribution in [2.24, 2.45) is 5.92 Å². The van der Waals surface area contributed by atoms with Crippen molar-refractivity contribution in [1.29, 1.82) is 0 Å². The van der Waals surface area contributed by atoms with Crippen LogP contribution in [0.4, 0.5) is 5.69 Å². The van der Waals surface area contributed by atoms with E-state index >= 15 is 0 Å². The Hall–Kier alpha value is -3.25. The largest absolute Gasteiger partial charge is 0.497 e. The Bertz CT molecular complexity index is 1260. The molecule has 10 nitrogen and oxygen atoms in total. The molecule has 1 aromatic heterocycles. The number of methoxy groups -OCH3 is 2. The average molecular weight is 555 g/mol. The summed E-state index contributed by atoms with van der Waals surface area (Å²) in [6.45, 7) is 6.54. The monoisotopic (exact) mass is 554 g/mol. The molecule has 4 rings (SSSR count). The predicted molar refractivity (Wildman–Crippen MR) is 150 cm³/mol. The fourth-order valence-electron chi connectivity index (χ4n) is 5.27. The van der Waals surface area contributed by atoms with Gasteiger partial charge in [-0.15, -0.1) is 5.10 Å². The number of hydrogen-bond acceptors (Lipinski definition) is 8. The molecule has 2 aromatic carbocycles. The number of nitrogens with one attached hydrogen (secondary N) is 1. The first-order chi connectivity index (χ1) is 18.6. The molecule has 1 aliphatic heterocycles. The molecular weight excluding hydrogens is 516 g/mol. The molecule has 1 amide bonds. The number of anilines is 1. The van der Waals surface area contributed by atoms with Gasteiger partial charge < -0.3 is 29.4 Å². The Morgan fingerprint density at radius 1 is 1.21 bits per heavy atom. The number of ether oxygens (including phenoxy) is 3. The number of carbonyl (C=O) groups is 1. The molecule has 1 unspecified atom stereocenters. The molecule has 4 atom stereocenters. The van der Waals surface area contributed by atoms with Gasteiger partial charge in [-0.3, -0.25) is 9.48 Å². The molecule has 0 saturated carbocycles. The highest BCUT2D eigenvalue weighted by Gasteiger charge is 2.46. The fourth-order valence-corrected chi connectivity index (χ4v) is 7.28. The van der Waals surface area contributed by atoms with Crippen LogP contribution in [0.1, 0.15) is 41.1 Å². The van der Waals surface area contributed by atoms with E-state index in [4.69, 9.17) is 19.3 Å². The highest BCUT2D eigenvalue weighted by atomic mass is 28.4. The van der Waals surface area contributed by atoms with Crippen LogP contribution in [0.25, 0.3) is 0 Å². The molecular formula is C28H38N4O6Si. The van der Waals surface area contributed by atoms with E-state index in [0.29, 0.717) is 42.1 Å². The summed E-state index contributed by atoms with van der Waals surface area (Å²) in [7, 11) is 0.588. The molecule has 0 bridgehead atoms. The van der Waals surface area contributed by atoms with Crippen LogP contribution < -0.4 is 14.8 Å². The molecule has 11 heteroatoms. The zero-order valence-electron chi connectivity index (χ0n) is 23.1. The second kappa shape index (κ2) is 12.3. The summed E-state index contributed by atoms with van der Waals surface area (Å²) in [4.78, 5) is 24.1. The van der Waals surface area contributed by atoms with Gasteiger partial charge in [0, 0.05) is 61.2 Å².